The predicted octanol–water partition coefficient (Wildman–Crippen LogP) is 2.04. The van der Waals surface area contributed by atoms with E-state index in [9.17, 15) is 23.1 Å². The van der Waals surface area contributed by atoms with Crippen LogP contribution in [-0.2, 0) is 0 Å². The summed E-state index contributed by atoms with van der Waals surface area (Å²) >= 11 is 0. The molecule has 7 heteroatoms. The molecule has 1 amide bonds. The number of rotatable bonds is 1. The number of halogens is 3. The first-order chi connectivity index (χ1) is 8.64. The Morgan fingerprint density at radius 2 is 2.11 bits per heavy atom. The zero-order valence-electron chi connectivity index (χ0n) is 10.5. The van der Waals surface area contributed by atoms with Gasteiger partial charge in [0.05, 0.1) is 12.1 Å². The number of aryl methyl sites for hydroxylation is 2. The molecule has 4 nitrogen and oxygen atoms in total. The number of hydrogen-bond acceptors (Lipinski definition) is 3. The minimum Gasteiger partial charge on any atom is -0.466 e. The standard InChI is InChI=1S/C12H14F3NO3/c1-7-5-9(8(2)19-7)10(17)16-4-3-11(18,6-16)12(13,14)15/h5,18H,3-4,6H2,1-2H3/t11-/m0/s1. The van der Waals surface area contributed by atoms with Gasteiger partial charge in [0.1, 0.15) is 11.5 Å². The molecule has 1 aromatic heterocycles. The molecule has 1 atom stereocenters. The van der Waals surface area contributed by atoms with Gasteiger partial charge >= 0.3 is 6.18 Å². The molecule has 1 aliphatic heterocycles. The van der Waals surface area contributed by atoms with Crippen molar-refractivity contribution in [3.63, 3.8) is 0 Å². The van der Waals surface area contributed by atoms with E-state index in [2.05, 4.69) is 0 Å². The zero-order valence-corrected chi connectivity index (χ0v) is 10.5. The van der Waals surface area contributed by atoms with Crippen LogP contribution in [0.4, 0.5) is 13.2 Å². The van der Waals surface area contributed by atoms with Crippen molar-refractivity contribution in [1.82, 2.24) is 4.90 Å². The van der Waals surface area contributed by atoms with Gasteiger partial charge in [-0.15, -0.1) is 0 Å². The number of aliphatic hydroxyl groups is 1. The molecule has 19 heavy (non-hydrogen) atoms. The average molecular weight is 277 g/mol. The molecule has 0 unspecified atom stereocenters. The molecule has 2 rings (SSSR count). The van der Waals surface area contributed by atoms with Gasteiger partial charge in [0.25, 0.3) is 5.91 Å². The second-order valence-corrected chi connectivity index (χ2v) is 4.83. The monoisotopic (exact) mass is 277 g/mol. The van der Waals surface area contributed by atoms with Crippen LogP contribution in [-0.4, -0.2) is 40.8 Å². The number of nitrogens with zero attached hydrogens (tertiary/aromatic N) is 1. The van der Waals surface area contributed by atoms with Gasteiger partial charge in [0.15, 0.2) is 5.60 Å². The molecule has 2 heterocycles. The first-order valence-electron chi connectivity index (χ1n) is 5.79. The Kier molecular flexibility index (Phi) is 3.12. The summed E-state index contributed by atoms with van der Waals surface area (Å²) in [5.74, 6) is 0.339. The number of hydrogen-bond donors (Lipinski definition) is 1. The van der Waals surface area contributed by atoms with E-state index in [0.717, 1.165) is 4.90 Å². The topological polar surface area (TPSA) is 53.7 Å². The highest BCUT2D eigenvalue weighted by Gasteiger charge is 2.57. The summed E-state index contributed by atoms with van der Waals surface area (Å²) < 4.78 is 43.2. The van der Waals surface area contributed by atoms with Crippen molar-refractivity contribution < 1.29 is 27.5 Å². The van der Waals surface area contributed by atoms with E-state index in [1.165, 1.54) is 6.07 Å². The van der Waals surface area contributed by atoms with Gasteiger partial charge in [0, 0.05) is 13.0 Å². The molecule has 0 radical (unpaired) electrons. The number of likely N-dealkylation sites (tertiary alicyclic amines) is 1. The fourth-order valence-electron chi connectivity index (χ4n) is 2.21. The molecular formula is C12H14F3NO3. The lowest BCUT2D eigenvalue weighted by molar-refractivity contribution is -0.253. The normalized spacial score (nSPS) is 24.0. The van der Waals surface area contributed by atoms with Gasteiger partial charge in [-0.2, -0.15) is 13.2 Å². The maximum absolute atomic E-state index is 12.7. The van der Waals surface area contributed by atoms with Crippen LogP contribution < -0.4 is 0 Å². The third kappa shape index (κ3) is 2.34. The molecule has 0 aliphatic carbocycles. The van der Waals surface area contributed by atoms with Crippen molar-refractivity contribution in [3.8, 4) is 0 Å². The van der Waals surface area contributed by atoms with Gasteiger partial charge < -0.3 is 14.4 Å². The Balaban J connectivity index is 2.18. The van der Waals surface area contributed by atoms with Crippen molar-refractivity contribution in [2.75, 3.05) is 13.1 Å². The molecule has 1 fully saturated rings. The van der Waals surface area contributed by atoms with Crippen LogP contribution in [0.25, 0.3) is 0 Å². The summed E-state index contributed by atoms with van der Waals surface area (Å²) in [6.07, 6.45) is -5.23. The number of amides is 1. The summed E-state index contributed by atoms with van der Waals surface area (Å²) in [5.41, 5.74) is -2.57. The lowest BCUT2D eigenvalue weighted by atomic mass is 10.0. The fraction of sp³-hybridized carbons (Fsp3) is 0.583. The Morgan fingerprint density at radius 3 is 2.53 bits per heavy atom. The highest BCUT2D eigenvalue weighted by molar-refractivity contribution is 5.95. The lowest BCUT2D eigenvalue weighted by Crippen LogP contribution is -2.48. The van der Waals surface area contributed by atoms with Crippen LogP contribution in [0.1, 0.15) is 28.3 Å². The minimum absolute atomic E-state index is 0.126. The molecule has 0 bridgehead atoms. The largest absolute Gasteiger partial charge is 0.466 e. The van der Waals surface area contributed by atoms with E-state index in [1.807, 2.05) is 0 Å². The van der Waals surface area contributed by atoms with Gasteiger partial charge in [-0.05, 0) is 19.9 Å². The Bertz CT molecular complexity index is 509. The molecule has 1 saturated heterocycles. The van der Waals surface area contributed by atoms with Crippen LogP contribution in [0, 0.1) is 13.8 Å². The molecule has 0 saturated carbocycles. The second-order valence-electron chi connectivity index (χ2n) is 4.83. The van der Waals surface area contributed by atoms with Crippen molar-refractivity contribution in [3.05, 3.63) is 23.2 Å². The van der Waals surface area contributed by atoms with Crippen molar-refractivity contribution in [1.29, 1.82) is 0 Å². The molecule has 1 aliphatic rings. The number of carbonyl (C=O) groups excluding carboxylic acids is 1. The smallest absolute Gasteiger partial charge is 0.419 e. The van der Waals surface area contributed by atoms with Gasteiger partial charge in [-0.25, -0.2) is 0 Å². The van der Waals surface area contributed by atoms with E-state index in [1.54, 1.807) is 13.8 Å². The Hall–Kier alpha value is -1.50. The van der Waals surface area contributed by atoms with E-state index in [-0.39, 0.29) is 12.1 Å². The summed E-state index contributed by atoms with van der Waals surface area (Å²) in [6, 6.07) is 1.49. The molecule has 1 N–H and O–H groups in total. The highest BCUT2D eigenvalue weighted by atomic mass is 19.4. The van der Waals surface area contributed by atoms with Crippen LogP contribution in [0.2, 0.25) is 0 Å². The van der Waals surface area contributed by atoms with E-state index >= 15 is 0 Å². The van der Waals surface area contributed by atoms with Crippen LogP contribution in [0.5, 0.6) is 0 Å². The summed E-state index contributed by atoms with van der Waals surface area (Å²) in [6.45, 7) is 2.36. The Morgan fingerprint density at radius 1 is 1.47 bits per heavy atom. The van der Waals surface area contributed by atoms with E-state index in [4.69, 9.17) is 4.42 Å². The molecule has 0 spiro atoms. The number of furan rings is 1. The number of alkyl halides is 3. The third-order valence-corrected chi connectivity index (χ3v) is 3.33. The Labute approximate surface area is 107 Å². The van der Waals surface area contributed by atoms with Crippen molar-refractivity contribution in [2.45, 2.75) is 32.0 Å². The average Bonchev–Trinajstić information content (AvgIpc) is 2.81. The maximum atomic E-state index is 12.7. The van der Waals surface area contributed by atoms with E-state index < -0.39 is 30.7 Å². The van der Waals surface area contributed by atoms with Crippen LogP contribution in [0.15, 0.2) is 10.5 Å². The van der Waals surface area contributed by atoms with Gasteiger partial charge in [-0.3, -0.25) is 4.79 Å². The zero-order chi connectivity index (χ0) is 14.4. The van der Waals surface area contributed by atoms with Crippen LogP contribution in [0.3, 0.4) is 0 Å². The van der Waals surface area contributed by atoms with Gasteiger partial charge in [0.2, 0.25) is 0 Å². The summed E-state index contributed by atoms with van der Waals surface area (Å²) in [4.78, 5) is 13.1. The third-order valence-electron chi connectivity index (χ3n) is 3.33. The first-order valence-corrected chi connectivity index (χ1v) is 5.79. The maximum Gasteiger partial charge on any atom is 0.419 e. The molecule has 106 valence electrons. The van der Waals surface area contributed by atoms with Crippen molar-refractivity contribution >= 4 is 5.91 Å². The summed E-state index contributed by atoms with van der Waals surface area (Å²) in [7, 11) is 0. The predicted molar refractivity (Wildman–Crippen MR) is 59.7 cm³/mol. The lowest BCUT2D eigenvalue weighted by Gasteiger charge is -2.25. The van der Waals surface area contributed by atoms with Crippen LogP contribution >= 0.6 is 0 Å². The molecule has 1 aromatic rings. The quantitative estimate of drug-likeness (QED) is 0.854. The van der Waals surface area contributed by atoms with Gasteiger partial charge in [-0.1, -0.05) is 0 Å². The first kappa shape index (κ1) is 13.9. The fourth-order valence-corrected chi connectivity index (χ4v) is 2.21. The number of carbonyl (C=O) groups is 1. The molecule has 0 aromatic carbocycles. The van der Waals surface area contributed by atoms with E-state index in [0.29, 0.717) is 11.5 Å². The second kappa shape index (κ2) is 4.26. The molecular weight excluding hydrogens is 263 g/mol. The number of β-amino-alcohol motifs (C(OH)–C–C–N with tert-alkyl or cyclic N) is 1. The van der Waals surface area contributed by atoms with Crippen molar-refractivity contribution in [2.24, 2.45) is 0 Å². The SMILES string of the molecule is Cc1cc(C(=O)N2CC[C@@](O)(C(F)(F)F)C2)c(C)o1. The summed E-state index contributed by atoms with van der Waals surface area (Å²) in [5, 5.41) is 9.53. The minimum atomic E-state index is -4.73. The highest BCUT2D eigenvalue weighted by Crippen LogP contribution is 2.38.